The zero-order valence-corrected chi connectivity index (χ0v) is 11.6. The fraction of sp³-hybridized carbons (Fsp3) is 0.929. The van der Waals surface area contributed by atoms with Crippen LogP contribution in [-0.4, -0.2) is 42.1 Å². The Morgan fingerprint density at radius 1 is 1.28 bits per heavy atom. The zero-order chi connectivity index (χ0) is 13.1. The minimum Gasteiger partial charge on any atom is -0.372 e. The molecule has 2 rings (SSSR count). The summed E-state index contributed by atoms with van der Waals surface area (Å²) < 4.78 is 5.66. The number of ether oxygens (including phenoxy) is 1. The van der Waals surface area contributed by atoms with Crippen LogP contribution < -0.4 is 5.73 Å². The van der Waals surface area contributed by atoms with Crippen LogP contribution in [0.25, 0.3) is 0 Å². The van der Waals surface area contributed by atoms with Crippen molar-refractivity contribution in [2.24, 2.45) is 11.7 Å². The first-order valence-corrected chi connectivity index (χ1v) is 7.23. The molecule has 1 amide bonds. The standard InChI is InChI=1S/C14H26N2O2/c1-10-8-16(9-11(2)18-10)14(17)7-12-4-3-5-13(15)6-12/h10-13H,3-9,15H2,1-2H3/t10-,11+,12?,13?. The molecule has 0 aromatic carbocycles. The van der Waals surface area contributed by atoms with Crippen molar-refractivity contribution in [1.82, 2.24) is 4.90 Å². The van der Waals surface area contributed by atoms with Gasteiger partial charge < -0.3 is 15.4 Å². The second kappa shape index (κ2) is 6.02. The second-order valence-corrected chi connectivity index (χ2v) is 6.05. The highest BCUT2D eigenvalue weighted by atomic mass is 16.5. The normalized spacial score (nSPS) is 37.6. The molecule has 104 valence electrons. The molecule has 2 aliphatic rings. The van der Waals surface area contributed by atoms with Crippen molar-refractivity contribution in [1.29, 1.82) is 0 Å². The fourth-order valence-electron chi connectivity index (χ4n) is 3.28. The summed E-state index contributed by atoms with van der Waals surface area (Å²) in [4.78, 5) is 14.3. The lowest BCUT2D eigenvalue weighted by atomic mass is 9.84. The first-order chi connectivity index (χ1) is 8.54. The van der Waals surface area contributed by atoms with Crippen LogP contribution in [0.4, 0.5) is 0 Å². The van der Waals surface area contributed by atoms with Gasteiger partial charge in [-0.2, -0.15) is 0 Å². The molecule has 1 aliphatic heterocycles. The maximum absolute atomic E-state index is 12.3. The third kappa shape index (κ3) is 3.69. The van der Waals surface area contributed by atoms with Crippen molar-refractivity contribution in [2.45, 2.75) is 64.2 Å². The largest absolute Gasteiger partial charge is 0.372 e. The van der Waals surface area contributed by atoms with Crippen LogP contribution in [-0.2, 0) is 9.53 Å². The van der Waals surface area contributed by atoms with Gasteiger partial charge in [0.25, 0.3) is 0 Å². The van der Waals surface area contributed by atoms with Gasteiger partial charge in [0.15, 0.2) is 0 Å². The molecule has 0 aromatic rings. The van der Waals surface area contributed by atoms with Gasteiger partial charge in [0.2, 0.25) is 5.91 Å². The van der Waals surface area contributed by atoms with Crippen LogP contribution in [0, 0.1) is 5.92 Å². The summed E-state index contributed by atoms with van der Waals surface area (Å²) in [6.07, 6.45) is 5.46. The van der Waals surface area contributed by atoms with Crippen LogP contribution in [0.5, 0.6) is 0 Å². The maximum Gasteiger partial charge on any atom is 0.223 e. The topological polar surface area (TPSA) is 55.6 Å². The van der Waals surface area contributed by atoms with E-state index in [1.54, 1.807) is 0 Å². The summed E-state index contributed by atoms with van der Waals surface area (Å²) >= 11 is 0. The van der Waals surface area contributed by atoms with Gasteiger partial charge in [0.1, 0.15) is 0 Å². The van der Waals surface area contributed by atoms with E-state index in [1.807, 2.05) is 18.7 Å². The zero-order valence-electron chi connectivity index (χ0n) is 11.6. The number of hydrogen-bond donors (Lipinski definition) is 1. The molecule has 0 aromatic heterocycles. The van der Waals surface area contributed by atoms with Crippen molar-refractivity contribution >= 4 is 5.91 Å². The molecule has 1 saturated carbocycles. The highest BCUT2D eigenvalue weighted by Crippen LogP contribution is 2.27. The van der Waals surface area contributed by atoms with E-state index in [1.165, 1.54) is 6.42 Å². The summed E-state index contributed by atoms with van der Waals surface area (Å²) in [6, 6.07) is 0.305. The number of nitrogens with two attached hydrogens (primary N) is 1. The minimum atomic E-state index is 0.159. The number of amides is 1. The molecule has 2 unspecified atom stereocenters. The molecule has 0 spiro atoms. The summed E-state index contributed by atoms with van der Waals surface area (Å²) in [7, 11) is 0. The average Bonchev–Trinajstić information content (AvgIpc) is 2.27. The molecule has 4 atom stereocenters. The summed E-state index contributed by atoms with van der Waals surface area (Å²) in [5.41, 5.74) is 5.98. The molecular weight excluding hydrogens is 228 g/mol. The third-order valence-corrected chi connectivity index (χ3v) is 4.06. The quantitative estimate of drug-likeness (QED) is 0.813. The SMILES string of the molecule is C[C@@H]1CN(C(=O)CC2CCCC(N)C2)C[C@H](C)O1. The van der Waals surface area contributed by atoms with E-state index in [2.05, 4.69) is 0 Å². The van der Waals surface area contributed by atoms with Crippen molar-refractivity contribution in [3.8, 4) is 0 Å². The lowest BCUT2D eigenvalue weighted by molar-refractivity contribution is -0.144. The van der Waals surface area contributed by atoms with E-state index in [0.717, 1.165) is 32.4 Å². The predicted octanol–water partition coefficient (Wildman–Crippen LogP) is 1.53. The van der Waals surface area contributed by atoms with E-state index in [4.69, 9.17) is 10.5 Å². The Bertz CT molecular complexity index is 286. The molecule has 4 nitrogen and oxygen atoms in total. The van der Waals surface area contributed by atoms with Gasteiger partial charge >= 0.3 is 0 Å². The van der Waals surface area contributed by atoms with Gasteiger partial charge in [0, 0.05) is 25.6 Å². The van der Waals surface area contributed by atoms with Gasteiger partial charge in [0.05, 0.1) is 12.2 Å². The lowest BCUT2D eigenvalue weighted by Gasteiger charge is -2.36. The minimum absolute atomic E-state index is 0.159. The first-order valence-electron chi connectivity index (χ1n) is 7.23. The molecule has 1 aliphatic carbocycles. The Kier molecular flexibility index (Phi) is 4.62. The molecule has 1 heterocycles. The number of nitrogens with zero attached hydrogens (tertiary/aromatic N) is 1. The first kappa shape index (κ1) is 13.8. The predicted molar refractivity (Wildman–Crippen MR) is 71.1 cm³/mol. The van der Waals surface area contributed by atoms with E-state index in [9.17, 15) is 4.79 Å². The monoisotopic (exact) mass is 254 g/mol. The van der Waals surface area contributed by atoms with Crippen LogP contribution in [0.2, 0.25) is 0 Å². The van der Waals surface area contributed by atoms with Gasteiger partial charge in [-0.05, 0) is 39.0 Å². The summed E-state index contributed by atoms with van der Waals surface area (Å²) in [5.74, 6) is 0.783. The Hall–Kier alpha value is -0.610. The molecule has 2 N–H and O–H groups in total. The van der Waals surface area contributed by atoms with E-state index < -0.39 is 0 Å². The van der Waals surface area contributed by atoms with Crippen molar-refractivity contribution in [3.05, 3.63) is 0 Å². The van der Waals surface area contributed by atoms with E-state index >= 15 is 0 Å². The van der Waals surface area contributed by atoms with Crippen molar-refractivity contribution in [2.75, 3.05) is 13.1 Å². The van der Waals surface area contributed by atoms with E-state index in [0.29, 0.717) is 18.4 Å². The summed E-state index contributed by atoms with van der Waals surface area (Å²) in [5, 5.41) is 0. The number of carbonyl (C=O) groups is 1. The van der Waals surface area contributed by atoms with Gasteiger partial charge in [-0.1, -0.05) is 6.42 Å². The average molecular weight is 254 g/mol. The maximum atomic E-state index is 12.3. The smallest absolute Gasteiger partial charge is 0.223 e. The molecule has 4 heteroatoms. The van der Waals surface area contributed by atoms with E-state index in [-0.39, 0.29) is 18.1 Å². The van der Waals surface area contributed by atoms with Crippen LogP contribution in [0.3, 0.4) is 0 Å². The Labute approximate surface area is 110 Å². The lowest BCUT2D eigenvalue weighted by Crippen LogP contribution is -2.48. The Morgan fingerprint density at radius 3 is 2.56 bits per heavy atom. The van der Waals surface area contributed by atoms with Gasteiger partial charge in [-0.15, -0.1) is 0 Å². The summed E-state index contributed by atoms with van der Waals surface area (Å²) in [6.45, 7) is 5.54. The highest BCUT2D eigenvalue weighted by Gasteiger charge is 2.28. The molecule has 18 heavy (non-hydrogen) atoms. The Morgan fingerprint density at radius 2 is 1.94 bits per heavy atom. The molecular formula is C14H26N2O2. The molecule has 1 saturated heterocycles. The van der Waals surface area contributed by atoms with Crippen LogP contribution >= 0.6 is 0 Å². The Balaban J connectivity index is 1.83. The highest BCUT2D eigenvalue weighted by molar-refractivity contribution is 5.76. The van der Waals surface area contributed by atoms with Crippen molar-refractivity contribution in [3.63, 3.8) is 0 Å². The van der Waals surface area contributed by atoms with Gasteiger partial charge in [-0.3, -0.25) is 4.79 Å². The van der Waals surface area contributed by atoms with Crippen molar-refractivity contribution < 1.29 is 9.53 Å². The van der Waals surface area contributed by atoms with Gasteiger partial charge in [-0.25, -0.2) is 0 Å². The number of rotatable bonds is 2. The number of morpholine rings is 1. The molecule has 0 bridgehead atoms. The fourth-order valence-corrected chi connectivity index (χ4v) is 3.28. The number of carbonyl (C=O) groups excluding carboxylic acids is 1. The van der Waals surface area contributed by atoms with Crippen LogP contribution in [0.1, 0.15) is 46.0 Å². The molecule has 0 radical (unpaired) electrons. The second-order valence-electron chi connectivity index (χ2n) is 6.05. The molecule has 2 fully saturated rings. The number of hydrogen-bond acceptors (Lipinski definition) is 3. The third-order valence-electron chi connectivity index (χ3n) is 4.06. The van der Waals surface area contributed by atoms with Crippen LogP contribution in [0.15, 0.2) is 0 Å².